The molecule has 1 fully saturated rings. The van der Waals surface area contributed by atoms with E-state index in [2.05, 4.69) is 37.7 Å². The van der Waals surface area contributed by atoms with Crippen LogP contribution in [0.25, 0.3) is 11.3 Å². The fraction of sp³-hybridized carbons (Fsp3) is 0.364. The molecule has 0 spiro atoms. The van der Waals surface area contributed by atoms with E-state index in [0.29, 0.717) is 6.04 Å². The van der Waals surface area contributed by atoms with Gasteiger partial charge in [-0.1, -0.05) is 0 Å². The third-order valence-electron chi connectivity index (χ3n) is 2.61. The predicted molar refractivity (Wildman–Crippen MR) is 67.4 cm³/mol. The topological polar surface area (TPSA) is 38.1 Å². The van der Waals surface area contributed by atoms with Crippen LogP contribution in [-0.2, 0) is 6.54 Å². The van der Waals surface area contributed by atoms with Crippen molar-refractivity contribution in [2.24, 2.45) is 0 Å². The third-order valence-corrected chi connectivity index (χ3v) is 4.11. The van der Waals surface area contributed by atoms with Crippen LogP contribution in [0.5, 0.6) is 0 Å². The van der Waals surface area contributed by atoms with Crippen LogP contribution >= 0.6 is 27.3 Å². The first-order valence-corrected chi connectivity index (χ1v) is 6.90. The number of hydrogen-bond donors (Lipinski definition) is 1. The van der Waals surface area contributed by atoms with Crippen LogP contribution in [0.2, 0.25) is 0 Å². The maximum absolute atomic E-state index is 5.45. The maximum atomic E-state index is 5.45. The summed E-state index contributed by atoms with van der Waals surface area (Å²) < 4.78 is 6.56. The second-order valence-electron chi connectivity index (χ2n) is 3.92. The van der Waals surface area contributed by atoms with Crippen molar-refractivity contribution in [3.05, 3.63) is 27.3 Å². The van der Waals surface area contributed by atoms with E-state index in [1.807, 2.05) is 0 Å². The summed E-state index contributed by atoms with van der Waals surface area (Å²) in [6.07, 6.45) is 4.10. The summed E-state index contributed by atoms with van der Waals surface area (Å²) in [4.78, 5) is 4.26. The van der Waals surface area contributed by atoms with Crippen molar-refractivity contribution in [1.29, 1.82) is 0 Å². The van der Waals surface area contributed by atoms with Gasteiger partial charge in [0.2, 0.25) is 0 Å². The zero-order chi connectivity index (χ0) is 11.0. The fourth-order valence-corrected chi connectivity index (χ4v) is 2.72. The number of rotatable bonds is 4. The van der Waals surface area contributed by atoms with Crippen molar-refractivity contribution in [1.82, 2.24) is 10.3 Å². The van der Waals surface area contributed by atoms with Gasteiger partial charge >= 0.3 is 0 Å². The molecule has 2 heterocycles. The Morgan fingerprint density at radius 3 is 3.12 bits per heavy atom. The number of oxazole rings is 1. The highest BCUT2D eigenvalue weighted by Crippen LogP contribution is 2.31. The van der Waals surface area contributed by atoms with Crippen LogP contribution in [0.3, 0.4) is 0 Å². The van der Waals surface area contributed by atoms with E-state index in [-0.39, 0.29) is 0 Å². The summed E-state index contributed by atoms with van der Waals surface area (Å²) in [5, 5.41) is 5.52. The molecule has 2 aromatic heterocycles. The molecule has 0 aliphatic heterocycles. The van der Waals surface area contributed by atoms with Crippen LogP contribution < -0.4 is 5.32 Å². The summed E-state index contributed by atoms with van der Waals surface area (Å²) in [6, 6.07) is 2.75. The Balaban J connectivity index is 1.80. The molecule has 0 amide bonds. The van der Waals surface area contributed by atoms with Crippen molar-refractivity contribution < 1.29 is 4.42 Å². The number of halogens is 1. The maximum Gasteiger partial charge on any atom is 0.181 e. The first-order valence-electron chi connectivity index (χ1n) is 5.23. The van der Waals surface area contributed by atoms with E-state index >= 15 is 0 Å². The summed E-state index contributed by atoms with van der Waals surface area (Å²) in [5.74, 6) is 0.884. The Morgan fingerprint density at radius 2 is 2.44 bits per heavy atom. The van der Waals surface area contributed by atoms with Gasteiger partial charge < -0.3 is 9.73 Å². The van der Waals surface area contributed by atoms with Gasteiger partial charge in [-0.15, -0.1) is 11.3 Å². The lowest BCUT2D eigenvalue weighted by atomic mass is 10.2. The second kappa shape index (κ2) is 4.31. The molecule has 2 aromatic rings. The van der Waals surface area contributed by atoms with Crippen LogP contribution in [0, 0.1) is 0 Å². The van der Waals surface area contributed by atoms with Gasteiger partial charge in [-0.2, -0.15) is 0 Å². The molecule has 0 aromatic carbocycles. The molecule has 1 N–H and O–H groups in total. The van der Waals surface area contributed by atoms with Crippen LogP contribution in [0.4, 0.5) is 0 Å². The lowest BCUT2D eigenvalue weighted by Crippen LogP contribution is -2.15. The molecule has 0 atom stereocenters. The Morgan fingerprint density at radius 1 is 1.56 bits per heavy atom. The molecular formula is C11H11BrN2OS. The zero-order valence-electron chi connectivity index (χ0n) is 8.57. The van der Waals surface area contributed by atoms with Gasteiger partial charge in [0.15, 0.2) is 12.2 Å². The summed E-state index contributed by atoms with van der Waals surface area (Å²) >= 11 is 5.11. The summed E-state index contributed by atoms with van der Waals surface area (Å²) in [7, 11) is 0. The minimum atomic E-state index is 0.693. The molecule has 0 unspecified atom stereocenters. The molecule has 3 rings (SSSR count). The summed E-state index contributed by atoms with van der Waals surface area (Å²) in [5.41, 5.74) is 2.10. The minimum Gasteiger partial charge on any atom is -0.443 e. The molecule has 0 saturated heterocycles. The minimum absolute atomic E-state index is 0.693. The van der Waals surface area contributed by atoms with Crippen LogP contribution in [0.15, 0.2) is 26.0 Å². The largest absolute Gasteiger partial charge is 0.443 e. The lowest BCUT2D eigenvalue weighted by molar-refractivity contribution is 0.569. The van der Waals surface area contributed by atoms with Gasteiger partial charge in [-0.05, 0) is 34.8 Å². The van der Waals surface area contributed by atoms with Gasteiger partial charge in [-0.25, -0.2) is 4.98 Å². The number of hydrogen-bond acceptors (Lipinski definition) is 4. The first kappa shape index (κ1) is 10.5. The van der Waals surface area contributed by atoms with E-state index in [1.54, 1.807) is 11.3 Å². The van der Waals surface area contributed by atoms with Gasteiger partial charge in [0.25, 0.3) is 0 Å². The van der Waals surface area contributed by atoms with Crippen molar-refractivity contribution in [2.45, 2.75) is 25.4 Å². The fourth-order valence-electron chi connectivity index (χ4n) is 1.59. The molecule has 1 aliphatic carbocycles. The number of nitrogens with one attached hydrogen (secondary N) is 1. The lowest BCUT2D eigenvalue weighted by Gasteiger charge is -2.00. The molecule has 1 saturated carbocycles. The highest BCUT2D eigenvalue weighted by molar-refractivity contribution is 9.11. The average molecular weight is 299 g/mol. The molecule has 1 aliphatic rings. The molecule has 0 bridgehead atoms. The number of nitrogens with zero attached hydrogens (tertiary/aromatic N) is 1. The third kappa shape index (κ3) is 2.21. The monoisotopic (exact) mass is 298 g/mol. The Kier molecular flexibility index (Phi) is 2.83. The number of thiophene rings is 1. The Labute approximate surface area is 106 Å². The van der Waals surface area contributed by atoms with Crippen LogP contribution in [0.1, 0.15) is 18.5 Å². The second-order valence-corrected chi connectivity index (χ2v) is 6.21. The molecule has 5 heteroatoms. The van der Waals surface area contributed by atoms with Crippen molar-refractivity contribution in [3.8, 4) is 11.3 Å². The first-order chi connectivity index (χ1) is 7.83. The Hall–Kier alpha value is -0.650. The summed E-state index contributed by atoms with van der Waals surface area (Å²) in [6.45, 7) is 0.796. The average Bonchev–Trinajstić information content (AvgIpc) is 2.82. The van der Waals surface area contributed by atoms with Gasteiger partial charge in [0.05, 0.1) is 3.79 Å². The van der Waals surface area contributed by atoms with Gasteiger partial charge in [-0.3, -0.25) is 0 Å². The molecular weight excluding hydrogens is 288 g/mol. The Bertz CT molecular complexity index is 490. The molecule has 16 heavy (non-hydrogen) atoms. The van der Waals surface area contributed by atoms with Crippen molar-refractivity contribution >= 4 is 27.3 Å². The van der Waals surface area contributed by atoms with Gasteiger partial charge in [0, 0.05) is 23.5 Å². The predicted octanol–water partition coefficient (Wildman–Crippen LogP) is 3.42. The highest BCUT2D eigenvalue weighted by atomic mass is 79.9. The SMILES string of the molecule is Brc1cc(-c2ocnc2CNC2CC2)cs1. The molecule has 3 nitrogen and oxygen atoms in total. The van der Waals surface area contributed by atoms with E-state index in [1.165, 1.54) is 19.2 Å². The number of aromatic nitrogens is 1. The molecule has 0 radical (unpaired) electrons. The van der Waals surface area contributed by atoms with Crippen molar-refractivity contribution in [3.63, 3.8) is 0 Å². The highest BCUT2D eigenvalue weighted by Gasteiger charge is 2.21. The van der Waals surface area contributed by atoms with Gasteiger partial charge in [0.1, 0.15) is 5.69 Å². The normalized spacial score (nSPS) is 15.6. The molecule has 84 valence electrons. The zero-order valence-corrected chi connectivity index (χ0v) is 11.0. The van der Waals surface area contributed by atoms with E-state index in [4.69, 9.17) is 4.42 Å². The quantitative estimate of drug-likeness (QED) is 0.940. The van der Waals surface area contributed by atoms with Crippen molar-refractivity contribution in [2.75, 3.05) is 0 Å². The smallest absolute Gasteiger partial charge is 0.181 e. The van der Waals surface area contributed by atoms with E-state index in [0.717, 1.165) is 27.3 Å². The van der Waals surface area contributed by atoms with E-state index in [9.17, 15) is 0 Å². The standard InChI is InChI=1S/C11H11BrN2OS/c12-10-3-7(5-16-10)11-9(14-6-15-11)4-13-8-1-2-8/h3,5-6,8,13H,1-2,4H2. The van der Waals surface area contributed by atoms with Crippen LogP contribution in [-0.4, -0.2) is 11.0 Å². The van der Waals surface area contributed by atoms with E-state index < -0.39 is 0 Å².